The summed E-state index contributed by atoms with van der Waals surface area (Å²) in [5.41, 5.74) is 0.825. The monoisotopic (exact) mass is 400 g/mol. The average molecular weight is 401 g/mol. The second-order valence-corrected chi connectivity index (χ2v) is 7.98. The summed E-state index contributed by atoms with van der Waals surface area (Å²) >= 11 is 1.56. The lowest BCUT2D eigenvalue weighted by Crippen LogP contribution is -2.36. The van der Waals surface area contributed by atoms with Crippen LogP contribution in [0.25, 0.3) is 16.1 Å². The minimum absolute atomic E-state index is 0.0848. The van der Waals surface area contributed by atoms with E-state index < -0.39 is 0 Å². The van der Waals surface area contributed by atoms with Crippen LogP contribution in [0.4, 0.5) is 0 Å². The molecule has 1 aliphatic rings. The van der Waals surface area contributed by atoms with Crippen molar-refractivity contribution >= 4 is 22.8 Å². The highest BCUT2D eigenvalue weighted by molar-refractivity contribution is 7.13. The summed E-state index contributed by atoms with van der Waals surface area (Å²) < 4.78 is 2.65. The number of likely N-dealkylation sites (tertiary alicyclic amines) is 1. The van der Waals surface area contributed by atoms with Crippen LogP contribution in [0, 0.1) is 0 Å². The summed E-state index contributed by atoms with van der Waals surface area (Å²) in [5, 5.41) is 13.3. The molecule has 1 fully saturated rings. The Balaban J connectivity index is 1.34. The Morgan fingerprint density at radius 3 is 2.89 bits per heavy atom. The molecule has 8 nitrogen and oxygen atoms in total. The van der Waals surface area contributed by atoms with Crippen LogP contribution in [0.15, 0.2) is 34.7 Å². The van der Waals surface area contributed by atoms with Gasteiger partial charge in [-0.25, -0.2) is 9.20 Å². The zero-order valence-corrected chi connectivity index (χ0v) is 16.5. The number of carbonyl (C=O) groups excluding carboxylic acids is 1. The van der Waals surface area contributed by atoms with Gasteiger partial charge in [0.25, 0.3) is 5.56 Å². The SMILES string of the molecule is O=C(Cn1ncn2nc(-c3cccs3)cc2c1=O)NCCCN1CCCCC1. The fraction of sp³-hybridized carbons (Fsp3) is 0.474. The van der Waals surface area contributed by atoms with Gasteiger partial charge in [-0.1, -0.05) is 12.5 Å². The Morgan fingerprint density at radius 1 is 1.25 bits per heavy atom. The zero-order valence-electron chi connectivity index (χ0n) is 15.7. The quantitative estimate of drug-likeness (QED) is 0.609. The molecule has 1 saturated heterocycles. The summed E-state index contributed by atoms with van der Waals surface area (Å²) in [6, 6.07) is 5.63. The number of nitrogens with one attached hydrogen (secondary N) is 1. The maximum Gasteiger partial charge on any atom is 0.293 e. The van der Waals surface area contributed by atoms with Gasteiger partial charge in [-0.15, -0.1) is 11.3 Å². The Bertz CT molecular complexity index is 988. The predicted octanol–water partition coefficient (Wildman–Crippen LogP) is 1.61. The Labute approximate surface area is 166 Å². The van der Waals surface area contributed by atoms with E-state index in [0.717, 1.165) is 36.6 Å². The van der Waals surface area contributed by atoms with Gasteiger partial charge >= 0.3 is 0 Å². The summed E-state index contributed by atoms with van der Waals surface area (Å²) in [4.78, 5) is 28.3. The second kappa shape index (κ2) is 8.66. The summed E-state index contributed by atoms with van der Waals surface area (Å²) in [6.45, 7) is 3.85. The first-order valence-electron chi connectivity index (χ1n) is 9.69. The van der Waals surface area contributed by atoms with Crippen molar-refractivity contribution in [2.75, 3.05) is 26.2 Å². The molecule has 4 heterocycles. The molecule has 0 aliphatic carbocycles. The van der Waals surface area contributed by atoms with Crippen LogP contribution in [0.5, 0.6) is 0 Å². The molecule has 0 spiro atoms. The molecule has 0 saturated carbocycles. The van der Waals surface area contributed by atoms with E-state index in [0.29, 0.717) is 12.1 Å². The number of amides is 1. The largest absolute Gasteiger partial charge is 0.354 e. The number of hydrogen-bond donors (Lipinski definition) is 1. The van der Waals surface area contributed by atoms with E-state index in [1.54, 1.807) is 17.4 Å². The fourth-order valence-corrected chi connectivity index (χ4v) is 4.18. The van der Waals surface area contributed by atoms with Crippen LogP contribution < -0.4 is 10.9 Å². The topological polar surface area (TPSA) is 84.5 Å². The van der Waals surface area contributed by atoms with Crippen LogP contribution in [-0.2, 0) is 11.3 Å². The van der Waals surface area contributed by atoms with E-state index in [4.69, 9.17) is 0 Å². The molecule has 0 bridgehead atoms. The number of rotatable bonds is 7. The summed E-state index contributed by atoms with van der Waals surface area (Å²) in [7, 11) is 0. The van der Waals surface area contributed by atoms with Gasteiger partial charge in [0.1, 0.15) is 24.1 Å². The first kappa shape index (κ1) is 18.8. The van der Waals surface area contributed by atoms with Crippen molar-refractivity contribution in [2.45, 2.75) is 32.2 Å². The minimum Gasteiger partial charge on any atom is -0.354 e. The van der Waals surface area contributed by atoms with Gasteiger partial charge in [-0.05, 0) is 56.4 Å². The first-order chi connectivity index (χ1) is 13.7. The third-order valence-electron chi connectivity index (χ3n) is 4.98. The highest BCUT2D eigenvalue weighted by atomic mass is 32.1. The highest BCUT2D eigenvalue weighted by Gasteiger charge is 2.13. The van der Waals surface area contributed by atoms with Crippen LogP contribution in [0.3, 0.4) is 0 Å². The van der Waals surface area contributed by atoms with Crippen molar-refractivity contribution in [1.29, 1.82) is 0 Å². The molecule has 148 valence electrons. The van der Waals surface area contributed by atoms with E-state index in [2.05, 4.69) is 20.4 Å². The van der Waals surface area contributed by atoms with Crippen LogP contribution in [0.1, 0.15) is 25.7 Å². The van der Waals surface area contributed by atoms with E-state index in [-0.39, 0.29) is 18.0 Å². The molecule has 0 radical (unpaired) electrons. The van der Waals surface area contributed by atoms with E-state index >= 15 is 0 Å². The number of piperidine rings is 1. The number of hydrogen-bond acceptors (Lipinski definition) is 6. The maximum atomic E-state index is 12.6. The molecule has 4 rings (SSSR count). The molecule has 3 aromatic rings. The molecule has 28 heavy (non-hydrogen) atoms. The third kappa shape index (κ3) is 4.31. The van der Waals surface area contributed by atoms with Crippen LogP contribution in [-0.4, -0.2) is 56.4 Å². The van der Waals surface area contributed by atoms with Gasteiger partial charge in [0.05, 0.1) is 4.88 Å². The van der Waals surface area contributed by atoms with Gasteiger partial charge in [-0.2, -0.15) is 10.2 Å². The number of thiophene rings is 1. The smallest absolute Gasteiger partial charge is 0.293 e. The van der Waals surface area contributed by atoms with E-state index in [1.165, 1.54) is 34.8 Å². The number of aromatic nitrogens is 4. The molecular weight excluding hydrogens is 376 g/mol. The average Bonchev–Trinajstić information content (AvgIpc) is 3.38. The lowest BCUT2D eigenvalue weighted by atomic mass is 10.1. The Kier molecular flexibility index (Phi) is 5.82. The maximum absolute atomic E-state index is 12.6. The van der Waals surface area contributed by atoms with Gasteiger partial charge in [0.15, 0.2) is 0 Å². The van der Waals surface area contributed by atoms with Gasteiger partial charge < -0.3 is 10.2 Å². The number of carbonyl (C=O) groups is 1. The molecule has 0 atom stereocenters. The molecule has 1 aliphatic heterocycles. The van der Waals surface area contributed by atoms with Crippen molar-refractivity contribution in [3.8, 4) is 10.6 Å². The van der Waals surface area contributed by atoms with E-state index in [9.17, 15) is 9.59 Å². The van der Waals surface area contributed by atoms with Crippen molar-refractivity contribution in [3.05, 3.63) is 40.3 Å². The first-order valence-corrected chi connectivity index (χ1v) is 10.6. The Morgan fingerprint density at radius 2 is 2.11 bits per heavy atom. The number of fused-ring (bicyclic) bond motifs is 1. The minimum atomic E-state index is -0.318. The molecule has 1 amide bonds. The summed E-state index contributed by atoms with van der Waals surface area (Å²) in [5.74, 6) is -0.199. The van der Waals surface area contributed by atoms with Crippen LogP contribution in [0.2, 0.25) is 0 Å². The fourth-order valence-electron chi connectivity index (χ4n) is 3.50. The van der Waals surface area contributed by atoms with Crippen LogP contribution >= 0.6 is 11.3 Å². The molecular formula is C19H24N6O2S. The summed E-state index contributed by atoms with van der Waals surface area (Å²) in [6.07, 6.45) is 6.25. The normalized spacial score (nSPS) is 15.1. The third-order valence-corrected chi connectivity index (χ3v) is 5.87. The van der Waals surface area contributed by atoms with E-state index in [1.807, 2.05) is 17.5 Å². The van der Waals surface area contributed by atoms with Crippen molar-refractivity contribution in [2.24, 2.45) is 0 Å². The van der Waals surface area contributed by atoms with Crippen molar-refractivity contribution in [1.82, 2.24) is 29.6 Å². The lowest BCUT2D eigenvalue weighted by Gasteiger charge is -2.26. The number of nitrogens with zero attached hydrogens (tertiary/aromatic N) is 5. The van der Waals surface area contributed by atoms with Gasteiger partial charge in [0.2, 0.25) is 5.91 Å². The van der Waals surface area contributed by atoms with Gasteiger partial charge in [0, 0.05) is 6.54 Å². The molecule has 1 N–H and O–H groups in total. The van der Waals surface area contributed by atoms with Crippen molar-refractivity contribution < 1.29 is 4.79 Å². The molecule has 0 aromatic carbocycles. The molecule has 9 heteroatoms. The molecule has 0 unspecified atom stereocenters. The Hall–Kier alpha value is -2.52. The van der Waals surface area contributed by atoms with Crippen molar-refractivity contribution in [3.63, 3.8) is 0 Å². The lowest BCUT2D eigenvalue weighted by molar-refractivity contribution is -0.121. The highest BCUT2D eigenvalue weighted by Crippen LogP contribution is 2.23. The standard InChI is InChI=1S/C19H24N6O2S/c26-18(20-7-5-10-23-8-2-1-3-9-23)13-24-19(27)16-12-15(17-6-4-11-28-17)22-25(16)14-21-24/h4,6,11-12,14H,1-3,5,7-10,13H2,(H,20,26). The van der Waals surface area contributed by atoms with Gasteiger partial charge in [-0.3, -0.25) is 9.59 Å². The zero-order chi connectivity index (χ0) is 19.3. The molecule has 3 aromatic heterocycles. The predicted molar refractivity (Wildman–Crippen MR) is 108 cm³/mol. The second-order valence-electron chi connectivity index (χ2n) is 7.04.